The topological polar surface area (TPSA) is 72.2 Å². The van der Waals surface area contributed by atoms with Gasteiger partial charge in [0, 0.05) is 35.4 Å². The number of hydrogen-bond acceptors (Lipinski definition) is 4. The van der Waals surface area contributed by atoms with Gasteiger partial charge >= 0.3 is 0 Å². The van der Waals surface area contributed by atoms with Crippen LogP contribution in [0, 0.1) is 12.8 Å². The molecule has 6 nitrogen and oxygen atoms in total. The zero-order valence-electron chi connectivity index (χ0n) is 14.7. The number of nitrogens with zero attached hydrogens (tertiary/aromatic N) is 4. The first-order valence-corrected chi connectivity index (χ1v) is 8.52. The molecule has 1 fully saturated rings. The first kappa shape index (κ1) is 15.7. The smallest absolute Gasteiger partial charge is 0.255 e. The molecule has 3 aromatic heterocycles. The molecule has 1 N–H and O–H groups in total. The van der Waals surface area contributed by atoms with Gasteiger partial charge in [0.25, 0.3) is 5.91 Å². The van der Waals surface area contributed by atoms with E-state index in [9.17, 15) is 4.79 Å². The zero-order valence-corrected chi connectivity index (χ0v) is 14.7. The molecule has 0 saturated heterocycles. The van der Waals surface area contributed by atoms with Crippen LogP contribution in [-0.4, -0.2) is 30.8 Å². The molecular formula is C19H21N5O. The molecule has 0 aliphatic heterocycles. The molecule has 0 unspecified atom stereocenters. The van der Waals surface area contributed by atoms with Gasteiger partial charge in [0.05, 0.1) is 11.3 Å². The number of fused-ring (bicyclic) bond motifs is 1. The van der Waals surface area contributed by atoms with Crippen molar-refractivity contribution in [3.8, 4) is 11.3 Å². The fourth-order valence-electron chi connectivity index (χ4n) is 3.26. The molecule has 25 heavy (non-hydrogen) atoms. The van der Waals surface area contributed by atoms with Gasteiger partial charge in [-0.1, -0.05) is 0 Å². The lowest BCUT2D eigenvalue weighted by Crippen LogP contribution is -2.45. The maximum Gasteiger partial charge on any atom is 0.255 e. The second-order valence-electron chi connectivity index (χ2n) is 7.28. The normalized spacial score (nSPS) is 14.7. The average Bonchev–Trinajstić information content (AvgIpc) is 3.36. The highest BCUT2D eigenvalue weighted by molar-refractivity contribution is 6.00. The second kappa shape index (κ2) is 5.65. The van der Waals surface area contributed by atoms with Crippen LogP contribution < -0.4 is 5.32 Å². The predicted octanol–water partition coefficient (Wildman–Crippen LogP) is 3.02. The summed E-state index contributed by atoms with van der Waals surface area (Å²) < 4.78 is 1.94. The van der Waals surface area contributed by atoms with Gasteiger partial charge in [-0.3, -0.25) is 4.79 Å². The maximum atomic E-state index is 12.8. The van der Waals surface area contributed by atoms with Crippen LogP contribution in [0.15, 0.2) is 37.1 Å². The summed E-state index contributed by atoms with van der Waals surface area (Å²) in [5.74, 6) is 0.491. The van der Waals surface area contributed by atoms with E-state index in [0.29, 0.717) is 17.1 Å². The van der Waals surface area contributed by atoms with Gasteiger partial charge in [-0.05, 0) is 51.7 Å². The van der Waals surface area contributed by atoms with Crippen molar-refractivity contribution >= 4 is 11.6 Å². The summed E-state index contributed by atoms with van der Waals surface area (Å²) in [5, 5.41) is 3.17. The number of hydrogen-bond donors (Lipinski definition) is 1. The molecule has 0 radical (unpaired) electrons. The van der Waals surface area contributed by atoms with Gasteiger partial charge < -0.3 is 9.72 Å². The third-order valence-electron chi connectivity index (χ3n) is 4.95. The van der Waals surface area contributed by atoms with Gasteiger partial charge in [0.2, 0.25) is 0 Å². The molecule has 4 rings (SSSR count). The lowest BCUT2D eigenvalue weighted by atomic mass is 9.98. The van der Waals surface area contributed by atoms with Crippen molar-refractivity contribution < 1.29 is 4.79 Å². The summed E-state index contributed by atoms with van der Waals surface area (Å²) in [6.07, 6.45) is 9.19. The van der Waals surface area contributed by atoms with Crippen LogP contribution in [0.2, 0.25) is 0 Å². The molecule has 1 aliphatic carbocycles. The first-order chi connectivity index (χ1) is 12.0. The van der Waals surface area contributed by atoms with Crippen LogP contribution in [0.5, 0.6) is 0 Å². The molecule has 1 aliphatic rings. The van der Waals surface area contributed by atoms with Gasteiger partial charge in [0.15, 0.2) is 0 Å². The third-order valence-corrected chi connectivity index (χ3v) is 4.95. The monoisotopic (exact) mass is 335 g/mol. The molecule has 0 bridgehead atoms. The Hall–Kier alpha value is -2.76. The first-order valence-electron chi connectivity index (χ1n) is 8.52. The van der Waals surface area contributed by atoms with E-state index < -0.39 is 0 Å². The predicted molar refractivity (Wildman–Crippen MR) is 95.2 cm³/mol. The molecule has 0 atom stereocenters. The Bertz CT molecular complexity index is 941. The average molecular weight is 335 g/mol. The van der Waals surface area contributed by atoms with Gasteiger partial charge in [-0.25, -0.2) is 15.0 Å². The van der Waals surface area contributed by atoms with Crippen molar-refractivity contribution in [2.24, 2.45) is 5.92 Å². The van der Waals surface area contributed by atoms with E-state index in [-0.39, 0.29) is 11.4 Å². The lowest BCUT2D eigenvalue weighted by molar-refractivity contribution is 0.0905. The molecule has 3 heterocycles. The fraction of sp³-hybridized carbons (Fsp3) is 0.368. The summed E-state index contributed by atoms with van der Waals surface area (Å²) in [6.45, 7) is 6.18. The summed E-state index contributed by atoms with van der Waals surface area (Å²) in [6, 6.07) is 3.81. The zero-order chi connectivity index (χ0) is 17.6. The SMILES string of the molecule is Cc1cc(-c2cncnc2)nc2c(C(=O)NC(C)(C)C3CC3)ccn12. The van der Waals surface area contributed by atoms with E-state index in [4.69, 9.17) is 4.98 Å². The molecule has 1 amide bonds. The highest BCUT2D eigenvalue weighted by atomic mass is 16.1. The van der Waals surface area contributed by atoms with Gasteiger partial charge in [0.1, 0.15) is 12.0 Å². The maximum absolute atomic E-state index is 12.8. The molecule has 0 aromatic carbocycles. The number of aromatic nitrogens is 4. The van der Waals surface area contributed by atoms with E-state index in [1.165, 1.54) is 19.2 Å². The van der Waals surface area contributed by atoms with Crippen LogP contribution in [0.1, 0.15) is 42.7 Å². The van der Waals surface area contributed by atoms with Crippen molar-refractivity contribution in [1.29, 1.82) is 0 Å². The fourth-order valence-corrected chi connectivity index (χ4v) is 3.26. The highest BCUT2D eigenvalue weighted by Gasteiger charge is 2.39. The van der Waals surface area contributed by atoms with E-state index in [1.807, 2.05) is 29.7 Å². The number of nitrogens with one attached hydrogen (secondary N) is 1. The lowest BCUT2D eigenvalue weighted by Gasteiger charge is -2.26. The summed E-state index contributed by atoms with van der Waals surface area (Å²) in [4.78, 5) is 25.6. The third kappa shape index (κ3) is 2.88. The Kier molecular flexibility index (Phi) is 3.56. The Balaban J connectivity index is 1.75. The molecule has 6 heteroatoms. The quantitative estimate of drug-likeness (QED) is 0.795. The van der Waals surface area contributed by atoms with E-state index in [0.717, 1.165) is 17.0 Å². The molecular weight excluding hydrogens is 314 g/mol. The van der Waals surface area contributed by atoms with Crippen molar-refractivity contribution in [2.45, 2.75) is 39.2 Å². The molecule has 3 aromatic rings. The van der Waals surface area contributed by atoms with Crippen molar-refractivity contribution in [1.82, 2.24) is 24.7 Å². The summed E-state index contributed by atoms with van der Waals surface area (Å²) in [7, 11) is 0. The van der Waals surface area contributed by atoms with Crippen LogP contribution in [0.25, 0.3) is 16.9 Å². The number of amides is 1. The Morgan fingerprint density at radius 1 is 1.28 bits per heavy atom. The summed E-state index contributed by atoms with van der Waals surface area (Å²) >= 11 is 0. The van der Waals surface area contributed by atoms with Crippen LogP contribution >= 0.6 is 0 Å². The van der Waals surface area contributed by atoms with Crippen molar-refractivity contribution in [2.75, 3.05) is 0 Å². The van der Waals surface area contributed by atoms with E-state index in [1.54, 1.807) is 12.4 Å². The van der Waals surface area contributed by atoms with Crippen molar-refractivity contribution in [3.05, 3.63) is 48.3 Å². The molecule has 0 spiro atoms. The highest BCUT2D eigenvalue weighted by Crippen LogP contribution is 2.39. The second-order valence-corrected chi connectivity index (χ2v) is 7.28. The van der Waals surface area contributed by atoms with Crippen LogP contribution in [0.3, 0.4) is 0 Å². The minimum Gasteiger partial charge on any atom is -0.347 e. The minimum atomic E-state index is -0.189. The van der Waals surface area contributed by atoms with Crippen LogP contribution in [-0.2, 0) is 0 Å². The largest absolute Gasteiger partial charge is 0.347 e. The molecule has 128 valence electrons. The Morgan fingerprint density at radius 2 is 2.00 bits per heavy atom. The van der Waals surface area contributed by atoms with E-state index >= 15 is 0 Å². The van der Waals surface area contributed by atoms with Crippen molar-refractivity contribution in [3.63, 3.8) is 0 Å². The number of aryl methyl sites for hydroxylation is 1. The number of carbonyl (C=O) groups is 1. The minimum absolute atomic E-state index is 0.0761. The standard InChI is InChI=1S/C19H21N5O/c1-12-8-16(13-9-20-11-21-10-13)22-17-15(6-7-24(12)17)18(25)23-19(2,3)14-4-5-14/h6-11,14H,4-5H2,1-3H3,(H,23,25). The van der Waals surface area contributed by atoms with E-state index in [2.05, 4.69) is 29.1 Å². The Morgan fingerprint density at radius 3 is 2.68 bits per heavy atom. The van der Waals surface area contributed by atoms with Gasteiger partial charge in [-0.15, -0.1) is 0 Å². The molecule has 1 saturated carbocycles. The van der Waals surface area contributed by atoms with Gasteiger partial charge in [-0.2, -0.15) is 0 Å². The number of rotatable bonds is 4. The number of carbonyl (C=O) groups excluding carboxylic acids is 1. The summed E-state index contributed by atoms with van der Waals surface area (Å²) in [5.41, 5.74) is 3.66. The Labute approximate surface area is 146 Å². The van der Waals surface area contributed by atoms with Crippen LogP contribution in [0.4, 0.5) is 0 Å².